The van der Waals surface area contributed by atoms with Crippen molar-refractivity contribution in [1.82, 2.24) is 15.1 Å². The Hall–Kier alpha value is -0.0700. The van der Waals surface area contributed by atoms with Crippen LogP contribution in [0.2, 0.25) is 0 Å². The van der Waals surface area contributed by atoms with Crippen LogP contribution < -0.4 is 11.1 Å². The Labute approximate surface area is 178 Å². The topological polar surface area (TPSA) is 61.6 Å². The van der Waals surface area contributed by atoms with Crippen molar-refractivity contribution in [3.8, 4) is 0 Å². The van der Waals surface area contributed by atoms with Crippen LogP contribution in [0.1, 0.15) is 64.2 Å². The molecular weight excluding hydrogens is 383 g/mol. The largest absolute Gasteiger partial charge is 0.353 e. The van der Waals surface area contributed by atoms with Crippen LogP contribution in [-0.4, -0.2) is 67.6 Å². The average Bonchev–Trinajstić information content (AvgIpc) is 2.64. The molecule has 5 nitrogen and oxygen atoms in total. The minimum Gasteiger partial charge on any atom is -0.353 e. The number of rotatable bonds is 5. The first-order valence-corrected chi connectivity index (χ1v) is 10.5. The van der Waals surface area contributed by atoms with E-state index in [1.165, 1.54) is 45.2 Å². The van der Waals surface area contributed by atoms with Crippen LogP contribution in [0, 0.1) is 5.41 Å². The molecule has 3 N–H and O–H groups in total. The first-order valence-electron chi connectivity index (χ1n) is 10.5. The number of halogens is 2. The maximum Gasteiger partial charge on any atom is 0.220 e. The van der Waals surface area contributed by atoms with E-state index < -0.39 is 0 Å². The van der Waals surface area contributed by atoms with Gasteiger partial charge in [-0.1, -0.05) is 19.3 Å². The van der Waals surface area contributed by atoms with Crippen molar-refractivity contribution in [2.45, 2.75) is 76.3 Å². The molecule has 7 heteroatoms. The average molecular weight is 423 g/mol. The number of nitrogens with one attached hydrogen (secondary N) is 1. The first-order chi connectivity index (χ1) is 12.1. The van der Waals surface area contributed by atoms with Gasteiger partial charge < -0.3 is 20.9 Å². The number of hydrogen-bond acceptors (Lipinski definition) is 4. The number of likely N-dealkylation sites (tertiary alicyclic amines) is 2. The molecule has 0 atom stereocenters. The highest BCUT2D eigenvalue weighted by atomic mass is 35.5. The third kappa shape index (κ3) is 7.04. The van der Waals surface area contributed by atoms with E-state index in [-0.39, 0.29) is 36.1 Å². The van der Waals surface area contributed by atoms with Gasteiger partial charge in [0.05, 0.1) is 0 Å². The fourth-order valence-electron chi connectivity index (χ4n) is 5.14. The van der Waals surface area contributed by atoms with Gasteiger partial charge in [0.1, 0.15) is 0 Å². The summed E-state index contributed by atoms with van der Waals surface area (Å²) in [4.78, 5) is 17.7. The van der Waals surface area contributed by atoms with Gasteiger partial charge in [-0.05, 0) is 70.6 Å². The van der Waals surface area contributed by atoms with Crippen molar-refractivity contribution in [1.29, 1.82) is 0 Å². The zero-order chi connectivity index (χ0) is 17.7. The molecule has 160 valence electrons. The summed E-state index contributed by atoms with van der Waals surface area (Å²) in [5.74, 6) is 0.241. The molecule has 0 radical (unpaired) electrons. The molecule has 3 fully saturated rings. The molecule has 0 aromatic rings. The molecule has 0 aromatic heterocycles. The Morgan fingerprint density at radius 1 is 1.00 bits per heavy atom. The van der Waals surface area contributed by atoms with E-state index in [0.717, 1.165) is 44.8 Å². The lowest BCUT2D eigenvalue weighted by atomic mass is 9.71. The normalized spacial score (nSPS) is 25.3. The van der Waals surface area contributed by atoms with Crippen molar-refractivity contribution in [2.24, 2.45) is 11.1 Å². The summed E-state index contributed by atoms with van der Waals surface area (Å²) < 4.78 is 0. The quantitative estimate of drug-likeness (QED) is 0.714. The predicted octanol–water partition coefficient (Wildman–Crippen LogP) is 2.80. The molecule has 2 aliphatic heterocycles. The molecule has 0 bridgehead atoms. The molecule has 2 heterocycles. The zero-order valence-electron chi connectivity index (χ0n) is 17.0. The van der Waals surface area contributed by atoms with E-state index >= 15 is 0 Å². The molecule has 2 saturated heterocycles. The van der Waals surface area contributed by atoms with Crippen molar-refractivity contribution in [2.75, 3.05) is 39.8 Å². The van der Waals surface area contributed by atoms with Gasteiger partial charge in [0.15, 0.2) is 0 Å². The molecule has 1 saturated carbocycles. The van der Waals surface area contributed by atoms with E-state index in [9.17, 15) is 4.79 Å². The van der Waals surface area contributed by atoms with E-state index in [1.54, 1.807) is 0 Å². The lowest BCUT2D eigenvalue weighted by Gasteiger charge is -2.41. The Bertz CT molecular complexity index is 430. The van der Waals surface area contributed by atoms with Crippen molar-refractivity contribution in [3.05, 3.63) is 0 Å². The molecule has 27 heavy (non-hydrogen) atoms. The highest BCUT2D eigenvalue weighted by Crippen LogP contribution is 2.38. The Morgan fingerprint density at radius 3 is 2.15 bits per heavy atom. The van der Waals surface area contributed by atoms with Crippen LogP contribution in [0.4, 0.5) is 0 Å². The van der Waals surface area contributed by atoms with Gasteiger partial charge in [0.2, 0.25) is 5.91 Å². The number of carbonyl (C=O) groups excluding carboxylic acids is 1. The second-order valence-electron chi connectivity index (χ2n) is 8.85. The highest BCUT2D eigenvalue weighted by Gasteiger charge is 2.34. The molecule has 0 aromatic carbocycles. The molecule has 3 aliphatic rings. The molecular formula is C20H40Cl2N4O. The summed E-state index contributed by atoms with van der Waals surface area (Å²) in [5, 5.41) is 3.33. The van der Waals surface area contributed by atoms with Crippen molar-refractivity contribution < 1.29 is 4.79 Å². The summed E-state index contributed by atoms with van der Waals surface area (Å²) in [6.45, 7) is 5.39. The number of nitrogens with zero attached hydrogens (tertiary/aromatic N) is 2. The molecule has 1 aliphatic carbocycles. The summed E-state index contributed by atoms with van der Waals surface area (Å²) >= 11 is 0. The van der Waals surface area contributed by atoms with E-state index in [4.69, 9.17) is 5.73 Å². The minimum absolute atomic E-state index is 0. The Balaban J connectivity index is 0.00000182. The van der Waals surface area contributed by atoms with Crippen LogP contribution >= 0.6 is 24.8 Å². The fourth-order valence-corrected chi connectivity index (χ4v) is 5.14. The van der Waals surface area contributed by atoms with Crippen molar-refractivity contribution >= 4 is 30.7 Å². The minimum atomic E-state index is 0. The summed E-state index contributed by atoms with van der Waals surface area (Å²) in [6, 6.07) is 1.13. The molecule has 0 spiro atoms. The number of carbonyl (C=O) groups is 1. The fraction of sp³-hybridized carbons (Fsp3) is 0.950. The molecule has 1 amide bonds. The third-order valence-corrected chi connectivity index (χ3v) is 6.98. The van der Waals surface area contributed by atoms with Gasteiger partial charge in [0.25, 0.3) is 0 Å². The standard InChI is InChI=1S/C20H38N4O.2ClH/c1-23-11-7-18(8-12-23)24-13-5-17(6-14-24)22-19(25)15-20(16-21)9-3-2-4-10-20;;/h17-18H,2-16,21H2,1H3,(H,22,25);2*1H. The number of piperidine rings is 2. The number of hydrogen-bond donors (Lipinski definition) is 2. The van der Waals surface area contributed by atoms with Crippen LogP contribution in [0.15, 0.2) is 0 Å². The number of amides is 1. The van der Waals surface area contributed by atoms with Crippen LogP contribution in [0.25, 0.3) is 0 Å². The lowest BCUT2D eigenvalue weighted by molar-refractivity contribution is -0.125. The zero-order valence-corrected chi connectivity index (χ0v) is 18.6. The van der Waals surface area contributed by atoms with Gasteiger partial charge in [-0.2, -0.15) is 0 Å². The predicted molar refractivity (Wildman–Crippen MR) is 117 cm³/mol. The van der Waals surface area contributed by atoms with E-state index in [1.807, 2.05) is 0 Å². The summed E-state index contributed by atoms with van der Waals surface area (Å²) in [7, 11) is 2.22. The van der Waals surface area contributed by atoms with Gasteiger partial charge in [0, 0.05) is 31.6 Å². The first kappa shape index (κ1) is 25.0. The maximum atomic E-state index is 12.6. The second-order valence-corrected chi connectivity index (χ2v) is 8.85. The SMILES string of the molecule is CN1CCC(N2CCC(NC(=O)CC3(CN)CCCCC3)CC2)CC1.Cl.Cl. The second kappa shape index (κ2) is 11.8. The Kier molecular flexibility index (Phi) is 10.9. The highest BCUT2D eigenvalue weighted by molar-refractivity contribution is 5.85. The smallest absolute Gasteiger partial charge is 0.220 e. The molecule has 3 rings (SSSR count). The van der Waals surface area contributed by atoms with E-state index in [0.29, 0.717) is 19.0 Å². The molecule has 0 unspecified atom stereocenters. The summed E-state index contributed by atoms with van der Waals surface area (Å²) in [5.41, 5.74) is 6.12. The van der Waals surface area contributed by atoms with Gasteiger partial charge in [-0.3, -0.25) is 4.79 Å². The monoisotopic (exact) mass is 422 g/mol. The van der Waals surface area contributed by atoms with Crippen molar-refractivity contribution in [3.63, 3.8) is 0 Å². The Morgan fingerprint density at radius 2 is 1.59 bits per heavy atom. The van der Waals surface area contributed by atoms with Crippen LogP contribution in [-0.2, 0) is 4.79 Å². The van der Waals surface area contributed by atoms with E-state index in [2.05, 4.69) is 22.2 Å². The number of nitrogens with two attached hydrogens (primary N) is 1. The maximum absolute atomic E-state index is 12.6. The lowest BCUT2D eigenvalue weighted by Crippen LogP contribution is -2.51. The van der Waals surface area contributed by atoms with Crippen LogP contribution in [0.5, 0.6) is 0 Å². The summed E-state index contributed by atoms with van der Waals surface area (Å²) in [6.07, 6.45) is 11.5. The van der Waals surface area contributed by atoms with Gasteiger partial charge in [-0.15, -0.1) is 24.8 Å². The third-order valence-electron chi connectivity index (χ3n) is 6.98. The van der Waals surface area contributed by atoms with Gasteiger partial charge in [-0.25, -0.2) is 0 Å². The van der Waals surface area contributed by atoms with Gasteiger partial charge >= 0.3 is 0 Å². The van der Waals surface area contributed by atoms with Crippen LogP contribution in [0.3, 0.4) is 0 Å².